The molecule has 1 N–H and O–H groups in total. The number of anilines is 1. The van der Waals surface area contributed by atoms with Crippen LogP contribution in [0.25, 0.3) is 5.69 Å². The summed E-state index contributed by atoms with van der Waals surface area (Å²) in [4.78, 5) is 12.7. The first-order valence-corrected chi connectivity index (χ1v) is 14.2. The van der Waals surface area contributed by atoms with E-state index in [4.69, 9.17) is 23.2 Å². The van der Waals surface area contributed by atoms with Crippen LogP contribution in [0.15, 0.2) is 84.0 Å². The molecule has 196 valence electrons. The molecule has 0 aliphatic rings. The van der Waals surface area contributed by atoms with Crippen LogP contribution in [0.4, 0.5) is 5.69 Å². The molecule has 4 aromatic rings. The predicted octanol–water partition coefficient (Wildman–Crippen LogP) is 6.13. The molecule has 4 rings (SSSR count). The quantitative estimate of drug-likeness (QED) is 0.205. The number of nitrogens with one attached hydrogen (secondary N) is 1. The fourth-order valence-corrected chi connectivity index (χ4v) is 5.54. The van der Waals surface area contributed by atoms with Crippen molar-refractivity contribution in [2.75, 3.05) is 10.6 Å². The zero-order valence-electron chi connectivity index (χ0n) is 21.0. The first kappa shape index (κ1) is 27.4. The van der Waals surface area contributed by atoms with Gasteiger partial charge in [-0.2, -0.15) is 5.10 Å². The van der Waals surface area contributed by atoms with Crippen molar-refractivity contribution >= 4 is 51.0 Å². The smallest absolute Gasteiger partial charge is 0.271 e. The van der Waals surface area contributed by atoms with Gasteiger partial charge in [-0.3, -0.25) is 9.10 Å². The van der Waals surface area contributed by atoms with Gasteiger partial charge >= 0.3 is 0 Å². The summed E-state index contributed by atoms with van der Waals surface area (Å²) < 4.78 is 28.1. The van der Waals surface area contributed by atoms with E-state index in [2.05, 4.69) is 10.5 Å². The third-order valence-corrected chi connectivity index (χ3v) is 7.51. The molecule has 0 bridgehead atoms. The zero-order valence-corrected chi connectivity index (χ0v) is 23.3. The number of carbonyl (C=O) groups is 1. The van der Waals surface area contributed by atoms with E-state index in [-0.39, 0.29) is 6.54 Å². The number of amides is 1. The highest BCUT2D eigenvalue weighted by molar-refractivity contribution is 7.92. The van der Waals surface area contributed by atoms with Crippen LogP contribution in [0.2, 0.25) is 10.0 Å². The van der Waals surface area contributed by atoms with E-state index in [0.717, 1.165) is 34.5 Å². The van der Waals surface area contributed by atoms with Gasteiger partial charge in [0.05, 0.1) is 24.7 Å². The third kappa shape index (κ3) is 6.45. The van der Waals surface area contributed by atoms with Gasteiger partial charge in [0.25, 0.3) is 5.91 Å². The van der Waals surface area contributed by atoms with Crippen molar-refractivity contribution in [2.45, 2.75) is 20.4 Å². The molecule has 0 atom stereocenters. The van der Waals surface area contributed by atoms with E-state index in [1.807, 2.05) is 66.9 Å². The highest BCUT2D eigenvalue weighted by Gasteiger charge is 2.18. The fourth-order valence-electron chi connectivity index (χ4n) is 4.14. The topological polar surface area (TPSA) is 83.8 Å². The summed E-state index contributed by atoms with van der Waals surface area (Å²) in [7, 11) is -3.53. The normalized spacial score (nSPS) is 11.6. The molecule has 0 saturated heterocycles. The fraction of sp³-hybridized carbons (Fsp3) is 0.143. The summed E-state index contributed by atoms with van der Waals surface area (Å²) >= 11 is 12.3. The lowest BCUT2D eigenvalue weighted by Gasteiger charge is -2.22. The largest absolute Gasteiger partial charge is 0.318 e. The minimum atomic E-state index is -3.53. The Morgan fingerprint density at radius 3 is 2.21 bits per heavy atom. The van der Waals surface area contributed by atoms with Crippen LogP contribution in [0.3, 0.4) is 0 Å². The summed E-state index contributed by atoms with van der Waals surface area (Å²) in [6.07, 6.45) is 2.73. The van der Waals surface area contributed by atoms with E-state index in [1.165, 1.54) is 4.31 Å². The Labute approximate surface area is 232 Å². The van der Waals surface area contributed by atoms with E-state index >= 15 is 0 Å². The molecule has 0 radical (unpaired) electrons. The van der Waals surface area contributed by atoms with Crippen molar-refractivity contribution in [3.05, 3.63) is 117 Å². The van der Waals surface area contributed by atoms with E-state index in [1.54, 1.807) is 36.5 Å². The van der Waals surface area contributed by atoms with Crippen LogP contribution in [0, 0.1) is 13.8 Å². The molecule has 1 heterocycles. The van der Waals surface area contributed by atoms with Gasteiger partial charge in [-0.1, -0.05) is 53.5 Å². The number of sulfonamides is 1. The van der Waals surface area contributed by atoms with E-state index in [0.29, 0.717) is 21.3 Å². The highest BCUT2D eigenvalue weighted by Crippen LogP contribution is 2.26. The molecule has 1 aromatic heterocycles. The lowest BCUT2D eigenvalue weighted by atomic mass is 10.2. The number of hydrogen-bond acceptors (Lipinski definition) is 4. The summed E-state index contributed by atoms with van der Waals surface area (Å²) in [5.41, 5.74) is 7.70. The maximum absolute atomic E-state index is 12.7. The van der Waals surface area contributed by atoms with Crippen LogP contribution in [-0.4, -0.2) is 31.4 Å². The van der Waals surface area contributed by atoms with E-state index in [9.17, 15) is 13.2 Å². The molecule has 0 saturated carbocycles. The van der Waals surface area contributed by atoms with Gasteiger partial charge in [0.15, 0.2) is 0 Å². The number of hydrazone groups is 1. The lowest BCUT2D eigenvalue weighted by Crippen LogP contribution is -2.29. The Morgan fingerprint density at radius 1 is 0.974 bits per heavy atom. The van der Waals surface area contributed by atoms with Crippen molar-refractivity contribution in [3.63, 3.8) is 0 Å². The monoisotopic (exact) mass is 568 g/mol. The average Bonchev–Trinajstić information content (AvgIpc) is 3.14. The number of halogens is 2. The molecular formula is C28H26Cl2N4O3S. The number of aryl methyl sites for hydroxylation is 1. The third-order valence-electron chi connectivity index (χ3n) is 5.93. The molecule has 10 heteroatoms. The second kappa shape index (κ2) is 11.4. The van der Waals surface area contributed by atoms with Crippen molar-refractivity contribution in [1.29, 1.82) is 0 Å². The molecule has 7 nitrogen and oxygen atoms in total. The Balaban J connectivity index is 1.47. The van der Waals surface area contributed by atoms with Crippen LogP contribution in [-0.2, 0) is 16.6 Å². The van der Waals surface area contributed by atoms with Crippen LogP contribution in [0.5, 0.6) is 0 Å². The Kier molecular flexibility index (Phi) is 8.26. The Hall–Kier alpha value is -3.59. The standard InChI is InChI=1S/C28H26Cl2N4O3S/c1-19-13-23(20(2)34(19)27-15-24(29)14-25(30)16-27)17-31-32-28(35)22-9-11-26(12-10-22)33(38(3,36)37)18-21-7-5-4-6-8-21/h4-17H,18H2,1-3H3,(H,32,35)/b31-17-. The highest BCUT2D eigenvalue weighted by atomic mass is 35.5. The first-order chi connectivity index (χ1) is 18.0. The van der Waals surface area contributed by atoms with Crippen molar-refractivity contribution in [3.8, 4) is 5.69 Å². The van der Waals surface area contributed by atoms with Crippen LogP contribution >= 0.6 is 23.2 Å². The number of carbonyl (C=O) groups excluding carboxylic acids is 1. The number of hydrogen-bond donors (Lipinski definition) is 1. The van der Waals surface area contributed by atoms with Crippen molar-refractivity contribution < 1.29 is 13.2 Å². The van der Waals surface area contributed by atoms with Gasteiger partial charge in [0, 0.05) is 38.2 Å². The molecular weight excluding hydrogens is 543 g/mol. The second-order valence-electron chi connectivity index (χ2n) is 8.79. The Bertz CT molecular complexity index is 1580. The molecule has 0 aliphatic carbocycles. The zero-order chi connectivity index (χ0) is 27.4. The van der Waals surface area contributed by atoms with Crippen molar-refractivity contribution in [2.24, 2.45) is 5.10 Å². The molecule has 0 spiro atoms. The molecule has 38 heavy (non-hydrogen) atoms. The summed E-state index contributed by atoms with van der Waals surface area (Å²) in [5, 5.41) is 5.19. The molecule has 0 unspecified atom stereocenters. The summed E-state index contributed by atoms with van der Waals surface area (Å²) in [5.74, 6) is -0.419. The average molecular weight is 570 g/mol. The van der Waals surface area contributed by atoms with Gasteiger partial charge < -0.3 is 4.57 Å². The minimum absolute atomic E-state index is 0.190. The number of rotatable bonds is 8. The van der Waals surface area contributed by atoms with Gasteiger partial charge in [-0.15, -0.1) is 0 Å². The minimum Gasteiger partial charge on any atom is -0.318 e. The number of aromatic nitrogens is 1. The molecule has 1 amide bonds. The van der Waals surface area contributed by atoms with E-state index < -0.39 is 15.9 Å². The lowest BCUT2D eigenvalue weighted by molar-refractivity contribution is 0.0955. The van der Waals surface area contributed by atoms with Crippen molar-refractivity contribution in [1.82, 2.24) is 9.99 Å². The summed E-state index contributed by atoms with van der Waals surface area (Å²) in [6, 6.07) is 22.9. The maximum Gasteiger partial charge on any atom is 0.271 e. The van der Waals surface area contributed by atoms with Gasteiger partial charge in [0.1, 0.15) is 0 Å². The summed E-state index contributed by atoms with van der Waals surface area (Å²) in [6.45, 7) is 4.08. The Morgan fingerprint density at radius 2 is 1.61 bits per heavy atom. The van der Waals surface area contributed by atoms with Gasteiger partial charge in [-0.05, 0) is 67.9 Å². The maximum atomic E-state index is 12.7. The first-order valence-electron chi connectivity index (χ1n) is 11.6. The van der Waals surface area contributed by atoms with Crippen LogP contribution < -0.4 is 9.73 Å². The van der Waals surface area contributed by atoms with Gasteiger partial charge in [0.2, 0.25) is 10.0 Å². The molecule has 3 aromatic carbocycles. The van der Waals surface area contributed by atoms with Gasteiger partial charge in [-0.25, -0.2) is 13.8 Å². The molecule has 0 aliphatic heterocycles. The predicted molar refractivity (Wildman–Crippen MR) is 154 cm³/mol. The number of benzene rings is 3. The molecule has 0 fully saturated rings. The number of nitrogens with zero attached hydrogens (tertiary/aromatic N) is 3. The second-order valence-corrected chi connectivity index (χ2v) is 11.6. The van der Waals surface area contributed by atoms with Crippen LogP contribution in [0.1, 0.15) is 32.9 Å². The SMILES string of the molecule is Cc1cc(/C=N\NC(=O)c2ccc(N(Cc3ccccc3)S(C)(=O)=O)cc2)c(C)n1-c1cc(Cl)cc(Cl)c1.